The summed E-state index contributed by atoms with van der Waals surface area (Å²) in [5.41, 5.74) is 2.72. The van der Waals surface area contributed by atoms with E-state index in [1.165, 1.54) is 4.57 Å². The van der Waals surface area contributed by atoms with Gasteiger partial charge in [-0.3, -0.25) is 0 Å². The first-order valence-electron chi connectivity index (χ1n) is 5.37. The van der Waals surface area contributed by atoms with Crippen molar-refractivity contribution in [3.63, 3.8) is 0 Å². The second-order valence-electron chi connectivity index (χ2n) is 4.30. The van der Waals surface area contributed by atoms with Crippen LogP contribution in [-0.2, 0) is 0 Å². The van der Waals surface area contributed by atoms with E-state index in [1.54, 1.807) is 0 Å². The van der Waals surface area contributed by atoms with Crippen LogP contribution in [0.15, 0.2) is 24.3 Å². The largest absolute Gasteiger partial charge is 0.464 e. The van der Waals surface area contributed by atoms with Crippen LogP contribution in [0.5, 0.6) is 0 Å². The summed E-state index contributed by atoms with van der Waals surface area (Å²) in [5.74, 6) is 0.198. The predicted octanol–water partition coefficient (Wildman–Crippen LogP) is 3.60. The number of fused-ring (bicyclic) bond motifs is 1. The zero-order valence-electron chi connectivity index (χ0n) is 9.69. The van der Waals surface area contributed by atoms with Crippen LogP contribution in [0.1, 0.15) is 31.0 Å². The van der Waals surface area contributed by atoms with Gasteiger partial charge in [0.15, 0.2) is 0 Å². The molecule has 16 heavy (non-hydrogen) atoms. The average molecular weight is 217 g/mol. The minimum atomic E-state index is -0.909. The fraction of sp³-hybridized carbons (Fsp3) is 0.308. The number of carboxylic acid groups (broad SMARTS) is 1. The van der Waals surface area contributed by atoms with Crippen molar-refractivity contribution >= 4 is 17.0 Å². The summed E-state index contributed by atoms with van der Waals surface area (Å²) in [6, 6.07) is 7.62. The Morgan fingerprint density at radius 3 is 2.50 bits per heavy atom. The van der Waals surface area contributed by atoms with Crippen molar-refractivity contribution in [3.05, 3.63) is 35.5 Å². The molecule has 1 aromatic heterocycles. The van der Waals surface area contributed by atoms with E-state index in [-0.39, 0.29) is 5.92 Å². The van der Waals surface area contributed by atoms with Crippen LogP contribution >= 0.6 is 0 Å². The molecular weight excluding hydrogens is 202 g/mol. The summed E-state index contributed by atoms with van der Waals surface area (Å²) in [4.78, 5) is 11.3. The van der Waals surface area contributed by atoms with Crippen LogP contribution in [0.3, 0.4) is 0 Å². The smallest absolute Gasteiger partial charge is 0.416 e. The van der Waals surface area contributed by atoms with E-state index >= 15 is 0 Å². The summed E-state index contributed by atoms with van der Waals surface area (Å²) < 4.78 is 1.40. The van der Waals surface area contributed by atoms with Crippen LogP contribution in [0, 0.1) is 6.92 Å². The zero-order chi connectivity index (χ0) is 11.9. The summed E-state index contributed by atoms with van der Waals surface area (Å²) >= 11 is 0. The van der Waals surface area contributed by atoms with E-state index in [2.05, 4.69) is 0 Å². The molecule has 3 heteroatoms. The lowest BCUT2D eigenvalue weighted by Gasteiger charge is -2.09. The highest BCUT2D eigenvalue weighted by molar-refractivity contribution is 5.93. The van der Waals surface area contributed by atoms with Crippen molar-refractivity contribution in [2.24, 2.45) is 0 Å². The highest BCUT2D eigenvalue weighted by Crippen LogP contribution is 2.30. The lowest BCUT2D eigenvalue weighted by Crippen LogP contribution is -2.12. The number of aryl methyl sites for hydroxylation is 1. The van der Waals surface area contributed by atoms with Gasteiger partial charge in [0.2, 0.25) is 0 Å². The Balaban J connectivity index is 2.92. The minimum absolute atomic E-state index is 0.198. The molecule has 0 saturated heterocycles. The van der Waals surface area contributed by atoms with Crippen LogP contribution in [0.25, 0.3) is 10.9 Å². The number of benzene rings is 1. The van der Waals surface area contributed by atoms with Crippen LogP contribution in [0.2, 0.25) is 0 Å². The topological polar surface area (TPSA) is 42.2 Å². The SMILES string of the molecule is Cc1c(C(C)C)n(C(=O)O)c2ccccc12. The van der Waals surface area contributed by atoms with Crippen molar-refractivity contribution < 1.29 is 9.90 Å². The molecule has 0 aliphatic carbocycles. The molecule has 1 heterocycles. The van der Waals surface area contributed by atoms with Crippen LogP contribution in [-0.4, -0.2) is 15.8 Å². The molecule has 0 unspecified atom stereocenters. The third-order valence-electron chi connectivity index (χ3n) is 2.91. The number of para-hydroxylation sites is 1. The van der Waals surface area contributed by atoms with Gasteiger partial charge in [-0.2, -0.15) is 0 Å². The van der Waals surface area contributed by atoms with Gasteiger partial charge in [-0.05, 0) is 24.5 Å². The summed E-state index contributed by atoms with van der Waals surface area (Å²) in [7, 11) is 0. The third kappa shape index (κ3) is 1.40. The lowest BCUT2D eigenvalue weighted by atomic mass is 10.1. The van der Waals surface area contributed by atoms with E-state index in [0.29, 0.717) is 0 Å². The number of hydrogen-bond donors (Lipinski definition) is 1. The number of nitrogens with zero attached hydrogens (tertiary/aromatic N) is 1. The maximum absolute atomic E-state index is 11.3. The van der Waals surface area contributed by atoms with E-state index in [9.17, 15) is 9.90 Å². The fourth-order valence-corrected chi connectivity index (χ4v) is 2.32. The first kappa shape index (κ1) is 10.7. The van der Waals surface area contributed by atoms with E-state index < -0.39 is 6.09 Å². The van der Waals surface area contributed by atoms with Gasteiger partial charge >= 0.3 is 6.09 Å². The van der Waals surface area contributed by atoms with Crippen molar-refractivity contribution in [1.29, 1.82) is 0 Å². The van der Waals surface area contributed by atoms with Crippen molar-refractivity contribution in [3.8, 4) is 0 Å². The Hall–Kier alpha value is -1.77. The monoisotopic (exact) mass is 217 g/mol. The van der Waals surface area contributed by atoms with Gasteiger partial charge in [0, 0.05) is 11.1 Å². The molecule has 2 rings (SSSR count). The van der Waals surface area contributed by atoms with E-state index in [4.69, 9.17) is 0 Å². The maximum atomic E-state index is 11.3. The Labute approximate surface area is 94.3 Å². The Bertz CT molecular complexity index is 552. The van der Waals surface area contributed by atoms with Crippen molar-refractivity contribution in [2.45, 2.75) is 26.7 Å². The molecule has 1 aromatic carbocycles. The number of hydrogen-bond acceptors (Lipinski definition) is 1. The third-order valence-corrected chi connectivity index (χ3v) is 2.91. The first-order valence-corrected chi connectivity index (χ1v) is 5.37. The lowest BCUT2D eigenvalue weighted by molar-refractivity contribution is 0.196. The Morgan fingerprint density at radius 2 is 1.94 bits per heavy atom. The van der Waals surface area contributed by atoms with Crippen LogP contribution < -0.4 is 0 Å². The second kappa shape index (κ2) is 3.67. The van der Waals surface area contributed by atoms with E-state index in [1.807, 2.05) is 45.0 Å². The maximum Gasteiger partial charge on any atom is 0.416 e. The van der Waals surface area contributed by atoms with Crippen molar-refractivity contribution in [2.75, 3.05) is 0 Å². The Kier molecular flexibility index (Phi) is 2.46. The van der Waals surface area contributed by atoms with Gasteiger partial charge in [0.1, 0.15) is 0 Å². The summed E-state index contributed by atoms with van der Waals surface area (Å²) in [6.45, 7) is 6.01. The van der Waals surface area contributed by atoms with E-state index in [0.717, 1.165) is 22.2 Å². The summed E-state index contributed by atoms with van der Waals surface area (Å²) in [5, 5.41) is 10.3. The van der Waals surface area contributed by atoms with Gasteiger partial charge < -0.3 is 5.11 Å². The first-order chi connectivity index (χ1) is 7.54. The molecular formula is C13H15NO2. The molecule has 0 radical (unpaired) electrons. The number of carbonyl (C=O) groups is 1. The molecule has 0 amide bonds. The fourth-order valence-electron chi connectivity index (χ4n) is 2.32. The van der Waals surface area contributed by atoms with Gasteiger partial charge in [0.25, 0.3) is 0 Å². The molecule has 1 N–H and O–H groups in total. The molecule has 2 aromatic rings. The molecule has 0 bridgehead atoms. The average Bonchev–Trinajstić information content (AvgIpc) is 2.53. The van der Waals surface area contributed by atoms with Gasteiger partial charge in [-0.25, -0.2) is 9.36 Å². The van der Waals surface area contributed by atoms with Crippen molar-refractivity contribution in [1.82, 2.24) is 4.57 Å². The predicted molar refractivity (Wildman–Crippen MR) is 64.2 cm³/mol. The molecule has 0 spiro atoms. The quantitative estimate of drug-likeness (QED) is 0.793. The standard InChI is InChI=1S/C13H15NO2/c1-8(2)12-9(3)10-6-4-5-7-11(10)14(12)13(15)16/h4-8H,1-3H3,(H,15,16). The molecule has 0 fully saturated rings. The highest BCUT2D eigenvalue weighted by Gasteiger charge is 2.19. The number of aromatic nitrogens is 1. The molecule has 0 saturated carbocycles. The molecule has 84 valence electrons. The van der Waals surface area contributed by atoms with Crippen LogP contribution in [0.4, 0.5) is 4.79 Å². The minimum Gasteiger partial charge on any atom is -0.464 e. The normalized spacial score (nSPS) is 11.2. The number of rotatable bonds is 1. The molecule has 0 aliphatic rings. The molecule has 0 atom stereocenters. The Morgan fingerprint density at radius 1 is 1.31 bits per heavy atom. The highest BCUT2D eigenvalue weighted by atomic mass is 16.4. The van der Waals surface area contributed by atoms with Gasteiger partial charge in [-0.1, -0.05) is 32.0 Å². The molecule has 0 aliphatic heterocycles. The zero-order valence-corrected chi connectivity index (χ0v) is 9.69. The molecule has 3 nitrogen and oxygen atoms in total. The summed E-state index contributed by atoms with van der Waals surface area (Å²) in [6.07, 6.45) is -0.909. The second-order valence-corrected chi connectivity index (χ2v) is 4.30. The van der Waals surface area contributed by atoms with Gasteiger partial charge in [-0.15, -0.1) is 0 Å². The van der Waals surface area contributed by atoms with Gasteiger partial charge in [0.05, 0.1) is 5.52 Å².